The first kappa shape index (κ1) is 17.0. The molecule has 0 aliphatic heterocycles. The van der Waals surface area contributed by atoms with E-state index in [1.54, 1.807) is 0 Å². The average molecular weight is 377 g/mol. The van der Waals surface area contributed by atoms with Gasteiger partial charge in [0.1, 0.15) is 5.82 Å². The smallest absolute Gasteiger partial charge is 0.277 e. The Kier molecular flexibility index (Phi) is 4.93. The van der Waals surface area contributed by atoms with Gasteiger partial charge in [0.15, 0.2) is 0 Å². The fraction of sp³-hybridized carbons (Fsp3) is 0.0556. The van der Waals surface area contributed by atoms with Gasteiger partial charge in [-0.25, -0.2) is 0 Å². The molecule has 0 bridgehead atoms. The van der Waals surface area contributed by atoms with Crippen LogP contribution in [0.3, 0.4) is 0 Å². The van der Waals surface area contributed by atoms with Crippen LogP contribution in [0.1, 0.15) is 5.82 Å². The molecule has 0 fully saturated rings. The maximum atomic E-state index is 5.80. The minimum atomic E-state index is 0.148. The lowest BCUT2D eigenvalue weighted by atomic mass is 10.2. The van der Waals surface area contributed by atoms with Crippen molar-refractivity contribution in [3.8, 4) is 11.5 Å². The summed E-state index contributed by atoms with van der Waals surface area (Å²) in [5.41, 5.74) is 7.54. The molecule has 9 heteroatoms. The lowest BCUT2D eigenvalue weighted by Crippen LogP contribution is -2.06. The van der Waals surface area contributed by atoms with Crippen molar-refractivity contribution in [2.45, 2.75) is 11.0 Å². The van der Waals surface area contributed by atoms with Gasteiger partial charge in [-0.15, -0.1) is 10.2 Å². The summed E-state index contributed by atoms with van der Waals surface area (Å²) in [5, 5.41) is 11.7. The molecule has 4 rings (SSSR count). The van der Waals surface area contributed by atoms with Crippen molar-refractivity contribution in [1.29, 1.82) is 0 Å². The molecule has 0 aliphatic rings. The molecule has 8 nitrogen and oxygen atoms in total. The SMILES string of the molecule is Nc1nc(CSc2nnc(-c3ccccc3)o2)nc(Nc2ccccc2)n1. The summed E-state index contributed by atoms with van der Waals surface area (Å²) >= 11 is 1.34. The maximum Gasteiger partial charge on any atom is 0.277 e. The second-order valence-electron chi connectivity index (χ2n) is 5.45. The predicted octanol–water partition coefficient (Wildman–Crippen LogP) is 3.54. The number of rotatable bonds is 6. The van der Waals surface area contributed by atoms with Crippen LogP contribution in [0.5, 0.6) is 0 Å². The Bertz CT molecular complexity index is 1020. The van der Waals surface area contributed by atoms with Crippen LogP contribution < -0.4 is 11.1 Å². The first-order valence-electron chi connectivity index (χ1n) is 8.10. The van der Waals surface area contributed by atoms with E-state index in [0.717, 1.165) is 11.3 Å². The van der Waals surface area contributed by atoms with Gasteiger partial charge in [0.25, 0.3) is 5.22 Å². The van der Waals surface area contributed by atoms with Gasteiger partial charge in [-0.3, -0.25) is 0 Å². The summed E-state index contributed by atoms with van der Waals surface area (Å²) in [5.74, 6) is 1.95. The van der Waals surface area contributed by atoms with E-state index in [0.29, 0.717) is 28.6 Å². The second kappa shape index (κ2) is 7.83. The lowest BCUT2D eigenvalue weighted by Gasteiger charge is -2.06. The molecule has 0 aliphatic carbocycles. The van der Waals surface area contributed by atoms with E-state index < -0.39 is 0 Å². The first-order chi connectivity index (χ1) is 13.3. The van der Waals surface area contributed by atoms with Crippen LogP contribution in [-0.2, 0) is 5.75 Å². The summed E-state index contributed by atoms with van der Waals surface area (Å²) in [7, 11) is 0. The summed E-state index contributed by atoms with van der Waals surface area (Å²) in [6.45, 7) is 0. The molecule has 0 spiro atoms. The standard InChI is InChI=1S/C18H15N7OS/c19-16-21-14(22-17(23-16)20-13-9-5-2-6-10-13)11-27-18-25-24-15(26-18)12-7-3-1-4-8-12/h1-10H,11H2,(H3,19,20,21,22,23). The van der Waals surface area contributed by atoms with Crippen LogP contribution in [0.4, 0.5) is 17.6 Å². The molecule has 0 atom stereocenters. The van der Waals surface area contributed by atoms with Gasteiger partial charge in [0, 0.05) is 11.3 Å². The van der Waals surface area contributed by atoms with E-state index in [-0.39, 0.29) is 5.95 Å². The van der Waals surface area contributed by atoms with E-state index in [1.165, 1.54) is 11.8 Å². The molecular weight excluding hydrogens is 362 g/mol. The average Bonchev–Trinajstić information content (AvgIpc) is 3.17. The fourth-order valence-corrected chi connectivity index (χ4v) is 2.92. The number of nitrogens with one attached hydrogen (secondary N) is 1. The van der Waals surface area contributed by atoms with Crippen molar-refractivity contribution in [3.05, 3.63) is 66.5 Å². The van der Waals surface area contributed by atoms with Gasteiger partial charge >= 0.3 is 0 Å². The summed E-state index contributed by atoms with van der Waals surface area (Å²) in [6.07, 6.45) is 0. The minimum Gasteiger partial charge on any atom is -0.411 e. The Morgan fingerprint density at radius 2 is 1.63 bits per heavy atom. The Morgan fingerprint density at radius 1 is 0.889 bits per heavy atom. The van der Waals surface area contributed by atoms with Crippen LogP contribution in [0.25, 0.3) is 11.5 Å². The van der Waals surface area contributed by atoms with E-state index >= 15 is 0 Å². The highest BCUT2D eigenvalue weighted by atomic mass is 32.2. The zero-order chi connectivity index (χ0) is 18.5. The van der Waals surface area contributed by atoms with Crippen LogP contribution >= 0.6 is 11.8 Å². The Morgan fingerprint density at radius 3 is 2.41 bits per heavy atom. The number of nitrogens with zero attached hydrogens (tertiary/aromatic N) is 5. The maximum absolute atomic E-state index is 5.80. The zero-order valence-electron chi connectivity index (χ0n) is 14.1. The second-order valence-corrected chi connectivity index (χ2v) is 6.38. The fourth-order valence-electron chi connectivity index (χ4n) is 2.30. The molecule has 3 N–H and O–H groups in total. The van der Waals surface area contributed by atoms with E-state index in [2.05, 4.69) is 30.5 Å². The van der Waals surface area contributed by atoms with Crippen molar-refractivity contribution in [1.82, 2.24) is 25.1 Å². The van der Waals surface area contributed by atoms with Crippen molar-refractivity contribution in [2.75, 3.05) is 11.1 Å². The number of benzene rings is 2. The molecule has 2 aromatic heterocycles. The number of thioether (sulfide) groups is 1. The number of hydrogen-bond donors (Lipinski definition) is 2. The highest BCUT2D eigenvalue weighted by Gasteiger charge is 2.11. The normalized spacial score (nSPS) is 10.7. The molecule has 2 aromatic carbocycles. The molecule has 0 saturated heterocycles. The number of nitrogens with two attached hydrogens (primary N) is 1. The first-order valence-corrected chi connectivity index (χ1v) is 9.09. The van der Waals surface area contributed by atoms with Crippen molar-refractivity contribution < 1.29 is 4.42 Å². The highest BCUT2D eigenvalue weighted by molar-refractivity contribution is 7.98. The third-order valence-electron chi connectivity index (χ3n) is 3.48. The number of aromatic nitrogens is 5. The van der Waals surface area contributed by atoms with E-state index in [1.807, 2.05) is 60.7 Å². The molecule has 0 amide bonds. The molecule has 0 unspecified atom stereocenters. The van der Waals surface area contributed by atoms with E-state index in [9.17, 15) is 0 Å². The van der Waals surface area contributed by atoms with E-state index in [4.69, 9.17) is 10.2 Å². The molecule has 0 saturated carbocycles. The minimum absolute atomic E-state index is 0.148. The number of nitrogen functional groups attached to an aromatic ring is 1. The summed E-state index contributed by atoms with van der Waals surface area (Å²) in [6, 6.07) is 19.2. The van der Waals surface area contributed by atoms with Crippen LogP contribution in [0.2, 0.25) is 0 Å². The topological polar surface area (TPSA) is 116 Å². The highest BCUT2D eigenvalue weighted by Crippen LogP contribution is 2.25. The Hall–Kier alpha value is -3.46. The summed E-state index contributed by atoms with van der Waals surface area (Å²) < 4.78 is 5.67. The van der Waals surface area contributed by atoms with Gasteiger partial charge in [0.2, 0.25) is 17.8 Å². The van der Waals surface area contributed by atoms with Crippen LogP contribution in [0, 0.1) is 0 Å². The molecule has 2 heterocycles. The largest absolute Gasteiger partial charge is 0.411 e. The van der Waals surface area contributed by atoms with Crippen molar-refractivity contribution in [3.63, 3.8) is 0 Å². The molecule has 0 radical (unpaired) electrons. The summed E-state index contributed by atoms with van der Waals surface area (Å²) in [4.78, 5) is 12.7. The van der Waals surface area contributed by atoms with Gasteiger partial charge in [-0.1, -0.05) is 48.2 Å². The Labute approximate surface area is 159 Å². The van der Waals surface area contributed by atoms with Gasteiger partial charge < -0.3 is 15.5 Å². The van der Waals surface area contributed by atoms with Gasteiger partial charge in [0.05, 0.1) is 5.75 Å². The monoisotopic (exact) mass is 377 g/mol. The lowest BCUT2D eigenvalue weighted by molar-refractivity contribution is 0.465. The molecule has 134 valence electrons. The predicted molar refractivity (Wildman–Crippen MR) is 103 cm³/mol. The Balaban J connectivity index is 1.45. The third kappa shape index (κ3) is 4.39. The molecule has 27 heavy (non-hydrogen) atoms. The zero-order valence-corrected chi connectivity index (χ0v) is 14.9. The molecular formula is C18H15N7OS. The third-order valence-corrected chi connectivity index (χ3v) is 4.30. The number of hydrogen-bond acceptors (Lipinski definition) is 9. The van der Waals surface area contributed by atoms with Gasteiger partial charge in [-0.05, 0) is 24.3 Å². The number of para-hydroxylation sites is 1. The molecule has 4 aromatic rings. The quantitative estimate of drug-likeness (QED) is 0.487. The van der Waals surface area contributed by atoms with Gasteiger partial charge in [-0.2, -0.15) is 15.0 Å². The number of anilines is 3. The van der Waals surface area contributed by atoms with Crippen molar-refractivity contribution >= 4 is 29.3 Å². The van der Waals surface area contributed by atoms with Crippen molar-refractivity contribution in [2.24, 2.45) is 0 Å². The van der Waals surface area contributed by atoms with Crippen LogP contribution in [0.15, 0.2) is 70.3 Å². The van der Waals surface area contributed by atoms with Crippen LogP contribution in [-0.4, -0.2) is 25.1 Å².